The van der Waals surface area contributed by atoms with Crippen LogP contribution in [-0.4, -0.2) is 38.5 Å². The molecular formula is C14H21NO3S. The molecule has 1 rings (SSSR count). The van der Waals surface area contributed by atoms with E-state index >= 15 is 0 Å². The Morgan fingerprint density at radius 3 is 2.68 bits per heavy atom. The average molecular weight is 283 g/mol. The van der Waals surface area contributed by atoms with Gasteiger partial charge in [-0.25, -0.2) is 0 Å². The van der Waals surface area contributed by atoms with E-state index in [1.165, 1.54) is 11.8 Å². The van der Waals surface area contributed by atoms with Crippen molar-refractivity contribution >= 4 is 17.7 Å². The van der Waals surface area contributed by atoms with E-state index < -0.39 is 0 Å². The van der Waals surface area contributed by atoms with Gasteiger partial charge >= 0.3 is 0 Å². The van der Waals surface area contributed by atoms with Crippen LogP contribution in [0.3, 0.4) is 0 Å². The first-order valence-corrected chi connectivity index (χ1v) is 7.36. The van der Waals surface area contributed by atoms with Crippen LogP contribution in [0.5, 0.6) is 5.75 Å². The van der Waals surface area contributed by atoms with E-state index in [1.807, 2.05) is 31.2 Å². The summed E-state index contributed by atoms with van der Waals surface area (Å²) in [6.07, 6.45) is 0.854. The molecule has 0 aromatic heterocycles. The highest BCUT2D eigenvalue weighted by molar-refractivity contribution is 8.00. The maximum Gasteiger partial charge on any atom is 0.230 e. The smallest absolute Gasteiger partial charge is 0.230 e. The van der Waals surface area contributed by atoms with Gasteiger partial charge in [-0.1, -0.05) is 0 Å². The second kappa shape index (κ2) is 9.69. The van der Waals surface area contributed by atoms with Gasteiger partial charge in [0.05, 0.1) is 12.9 Å². The molecule has 0 radical (unpaired) electrons. The van der Waals surface area contributed by atoms with Gasteiger partial charge in [0.25, 0.3) is 0 Å². The number of ether oxygens (including phenoxy) is 2. The number of hydrogen-bond acceptors (Lipinski definition) is 4. The normalized spacial score (nSPS) is 10.2. The third-order valence-electron chi connectivity index (χ3n) is 2.42. The van der Waals surface area contributed by atoms with Crippen molar-refractivity contribution in [3.05, 3.63) is 24.3 Å². The number of benzene rings is 1. The van der Waals surface area contributed by atoms with Crippen LogP contribution in [0.4, 0.5) is 0 Å². The maximum atomic E-state index is 11.6. The fourth-order valence-electron chi connectivity index (χ4n) is 1.42. The standard InChI is InChI=1S/C14H21NO3S/c1-3-18-10-4-9-15-14(16)11-19-13-7-5-12(17-2)6-8-13/h5-8H,3-4,9-11H2,1-2H3,(H,15,16). The lowest BCUT2D eigenvalue weighted by Gasteiger charge is -2.06. The third-order valence-corrected chi connectivity index (χ3v) is 3.43. The highest BCUT2D eigenvalue weighted by atomic mass is 32.2. The van der Waals surface area contributed by atoms with Crippen molar-refractivity contribution in [1.29, 1.82) is 0 Å². The molecule has 0 saturated carbocycles. The van der Waals surface area contributed by atoms with Crippen LogP contribution in [0.25, 0.3) is 0 Å². The number of thioether (sulfide) groups is 1. The highest BCUT2D eigenvalue weighted by Crippen LogP contribution is 2.20. The number of methoxy groups -OCH3 is 1. The SMILES string of the molecule is CCOCCCNC(=O)CSc1ccc(OC)cc1. The zero-order chi connectivity index (χ0) is 13.9. The Balaban J connectivity index is 2.15. The first-order chi connectivity index (χ1) is 9.26. The fourth-order valence-corrected chi connectivity index (χ4v) is 2.15. The Kier molecular flexibility index (Phi) is 8.09. The largest absolute Gasteiger partial charge is 0.497 e. The Hall–Kier alpha value is -1.20. The second-order valence-electron chi connectivity index (χ2n) is 3.86. The van der Waals surface area contributed by atoms with E-state index in [2.05, 4.69) is 5.32 Å². The fraction of sp³-hybridized carbons (Fsp3) is 0.500. The number of carbonyl (C=O) groups excluding carboxylic acids is 1. The summed E-state index contributed by atoms with van der Waals surface area (Å²) in [5, 5.41) is 2.87. The first kappa shape index (κ1) is 15.9. The van der Waals surface area contributed by atoms with Crippen LogP contribution in [-0.2, 0) is 9.53 Å². The molecule has 1 N–H and O–H groups in total. The second-order valence-corrected chi connectivity index (χ2v) is 4.91. The highest BCUT2D eigenvalue weighted by Gasteiger charge is 2.02. The Labute approximate surface area is 118 Å². The van der Waals surface area contributed by atoms with Crippen molar-refractivity contribution in [3.63, 3.8) is 0 Å². The number of carbonyl (C=O) groups is 1. The van der Waals surface area contributed by atoms with Gasteiger partial charge in [0.15, 0.2) is 0 Å². The number of rotatable bonds is 9. The van der Waals surface area contributed by atoms with E-state index in [9.17, 15) is 4.79 Å². The zero-order valence-electron chi connectivity index (χ0n) is 11.5. The number of nitrogens with one attached hydrogen (secondary N) is 1. The van der Waals surface area contributed by atoms with Crippen LogP contribution in [0, 0.1) is 0 Å². The van der Waals surface area contributed by atoms with Gasteiger partial charge in [-0.05, 0) is 37.6 Å². The molecule has 19 heavy (non-hydrogen) atoms. The van der Waals surface area contributed by atoms with E-state index in [0.29, 0.717) is 18.9 Å². The topological polar surface area (TPSA) is 47.6 Å². The Morgan fingerprint density at radius 2 is 2.05 bits per heavy atom. The van der Waals surface area contributed by atoms with Gasteiger partial charge in [-0.2, -0.15) is 0 Å². The van der Waals surface area contributed by atoms with Crippen molar-refractivity contribution in [2.24, 2.45) is 0 Å². The quantitative estimate of drug-likeness (QED) is 0.558. The predicted molar refractivity (Wildman–Crippen MR) is 77.8 cm³/mol. The van der Waals surface area contributed by atoms with Gasteiger partial charge < -0.3 is 14.8 Å². The molecule has 0 unspecified atom stereocenters. The summed E-state index contributed by atoms with van der Waals surface area (Å²) in [6.45, 7) is 4.05. The van der Waals surface area contributed by atoms with Crippen LogP contribution in [0.2, 0.25) is 0 Å². The van der Waals surface area contributed by atoms with Crippen molar-refractivity contribution in [2.75, 3.05) is 32.6 Å². The van der Waals surface area contributed by atoms with Crippen molar-refractivity contribution in [3.8, 4) is 5.75 Å². The number of amides is 1. The van der Waals surface area contributed by atoms with E-state index in [1.54, 1.807) is 7.11 Å². The molecule has 1 amide bonds. The van der Waals surface area contributed by atoms with Crippen molar-refractivity contribution < 1.29 is 14.3 Å². The molecule has 1 aromatic rings. The van der Waals surface area contributed by atoms with Crippen LogP contribution < -0.4 is 10.1 Å². The third kappa shape index (κ3) is 7.08. The van der Waals surface area contributed by atoms with E-state index in [0.717, 1.165) is 23.7 Å². The van der Waals surface area contributed by atoms with Crippen LogP contribution in [0.1, 0.15) is 13.3 Å². The van der Waals surface area contributed by atoms with Crippen LogP contribution >= 0.6 is 11.8 Å². The van der Waals surface area contributed by atoms with Gasteiger partial charge in [0, 0.05) is 24.7 Å². The molecule has 0 spiro atoms. The van der Waals surface area contributed by atoms with E-state index in [4.69, 9.17) is 9.47 Å². The summed E-state index contributed by atoms with van der Waals surface area (Å²) in [5.41, 5.74) is 0. The molecule has 0 fully saturated rings. The summed E-state index contributed by atoms with van der Waals surface area (Å²) in [4.78, 5) is 12.6. The Morgan fingerprint density at radius 1 is 1.32 bits per heavy atom. The molecule has 0 aliphatic carbocycles. The molecule has 0 aliphatic rings. The predicted octanol–water partition coefficient (Wildman–Crippen LogP) is 2.33. The molecular weight excluding hydrogens is 262 g/mol. The average Bonchev–Trinajstić information content (AvgIpc) is 2.45. The summed E-state index contributed by atoms with van der Waals surface area (Å²) < 4.78 is 10.3. The molecule has 0 heterocycles. The zero-order valence-corrected chi connectivity index (χ0v) is 12.3. The Bertz CT molecular complexity index is 367. The summed E-state index contributed by atoms with van der Waals surface area (Å²) in [7, 11) is 1.64. The van der Waals surface area contributed by atoms with Crippen molar-refractivity contribution in [2.45, 2.75) is 18.2 Å². The lowest BCUT2D eigenvalue weighted by molar-refractivity contribution is -0.118. The summed E-state index contributed by atoms with van der Waals surface area (Å²) in [6, 6.07) is 7.68. The lowest BCUT2D eigenvalue weighted by atomic mass is 10.3. The van der Waals surface area contributed by atoms with Gasteiger partial charge in [-0.15, -0.1) is 11.8 Å². The lowest BCUT2D eigenvalue weighted by Crippen LogP contribution is -2.26. The molecule has 4 nitrogen and oxygen atoms in total. The van der Waals surface area contributed by atoms with Crippen LogP contribution in [0.15, 0.2) is 29.2 Å². The van der Waals surface area contributed by atoms with Gasteiger partial charge in [0.2, 0.25) is 5.91 Å². The van der Waals surface area contributed by atoms with Gasteiger partial charge in [-0.3, -0.25) is 4.79 Å². The summed E-state index contributed by atoms with van der Waals surface area (Å²) in [5.74, 6) is 1.31. The van der Waals surface area contributed by atoms with Crippen molar-refractivity contribution in [1.82, 2.24) is 5.32 Å². The monoisotopic (exact) mass is 283 g/mol. The molecule has 106 valence electrons. The minimum absolute atomic E-state index is 0.0531. The maximum absolute atomic E-state index is 11.6. The molecule has 0 bridgehead atoms. The first-order valence-electron chi connectivity index (χ1n) is 6.37. The molecule has 0 saturated heterocycles. The summed E-state index contributed by atoms with van der Waals surface area (Å²) >= 11 is 1.52. The minimum atomic E-state index is 0.0531. The molecule has 0 aliphatic heterocycles. The van der Waals surface area contributed by atoms with Gasteiger partial charge in [0.1, 0.15) is 5.75 Å². The number of hydrogen-bond donors (Lipinski definition) is 1. The minimum Gasteiger partial charge on any atom is -0.497 e. The molecule has 1 aromatic carbocycles. The van der Waals surface area contributed by atoms with E-state index in [-0.39, 0.29) is 5.91 Å². The molecule has 0 atom stereocenters. The molecule has 5 heteroatoms.